The number of likely N-dealkylation sites (N-methyl/N-ethyl adjacent to an activating group) is 1. The molecule has 1 aromatic carbocycles. The fourth-order valence-electron chi connectivity index (χ4n) is 1.58. The van der Waals surface area contributed by atoms with Gasteiger partial charge in [0.25, 0.3) is 5.91 Å². The van der Waals surface area contributed by atoms with Gasteiger partial charge in [-0.1, -0.05) is 6.07 Å². The zero-order chi connectivity index (χ0) is 13.7. The van der Waals surface area contributed by atoms with E-state index in [2.05, 4.69) is 22.5 Å². The molecule has 0 radical (unpaired) electrons. The van der Waals surface area contributed by atoms with Crippen LogP contribution in [0.1, 0.15) is 22.8 Å². The average molecular weight is 249 g/mol. The summed E-state index contributed by atoms with van der Waals surface area (Å²) in [5.41, 5.74) is 2.69. The van der Waals surface area contributed by atoms with Gasteiger partial charge in [0.15, 0.2) is 0 Å². The van der Waals surface area contributed by atoms with E-state index in [4.69, 9.17) is 0 Å². The summed E-state index contributed by atoms with van der Waals surface area (Å²) in [5, 5.41) is 6.01. The molecule has 0 heterocycles. The molecule has 1 unspecified atom stereocenters. The highest BCUT2D eigenvalue weighted by Crippen LogP contribution is 2.16. The first-order chi connectivity index (χ1) is 8.45. The molecule has 0 saturated heterocycles. The number of amides is 1. The van der Waals surface area contributed by atoms with Gasteiger partial charge in [0, 0.05) is 25.3 Å². The Morgan fingerprint density at radius 3 is 2.61 bits per heavy atom. The van der Waals surface area contributed by atoms with Gasteiger partial charge in [-0.2, -0.15) is 0 Å². The first-order valence-electron chi connectivity index (χ1n) is 6.18. The van der Waals surface area contributed by atoms with Crippen molar-refractivity contribution in [1.29, 1.82) is 0 Å². The third-order valence-corrected chi connectivity index (χ3v) is 3.13. The van der Waals surface area contributed by atoms with E-state index in [0.29, 0.717) is 18.2 Å². The van der Waals surface area contributed by atoms with Gasteiger partial charge in [-0.25, -0.2) is 0 Å². The third kappa shape index (κ3) is 3.74. The SMILES string of the molecule is CNc1cc(C)ccc1C(=O)NCC(C)N(C)C. The number of hydrogen-bond donors (Lipinski definition) is 2. The number of nitrogens with one attached hydrogen (secondary N) is 2. The molecule has 1 rings (SSSR count). The van der Waals surface area contributed by atoms with E-state index in [0.717, 1.165) is 11.3 Å². The molecule has 0 spiro atoms. The first-order valence-corrected chi connectivity index (χ1v) is 6.18. The van der Waals surface area contributed by atoms with Gasteiger partial charge in [0.1, 0.15) is 0 Å². The molecule has 0 bridgehead atoms. The lowest BCUT2D eigenvalue weighted by molar-refractivity contribution is 0.0944. The highest BCUT2D eigenvalue weighted by Gasteiger charge is 2.12. The van der Waals surface area contributed by atoms with Crippen LogP contribution >= 0.6 is 0 Å². The summed E-state index contributed by atoms with van der Waals surface area (Å²) in [6.45, 7) is 4.73. The van der Waals surface area contributed by atoms with E-state index in [1.807, 2.05) is 46.3 Å². The van der Waals surface area contributed by atoms with Crippen LogP contribution in [0.15, 0.2) is 18.2 Å². The summed E-state index contributed by atoms with van der Waals surface area (Å²) in [6, 6.07) is 6.10. The lowest BCUT2D eigenvalue weighted by Crippen LogP contribution is -2.38. The predicted molar refractivity (Wildman–Crippen MR) is 76.2 cm³/mol. The summed E-state index contributed by atoms with van der Waals surface area (Å²) in [7, 11) is 5.83. The van der Waals surface area contributed by atoms with Gasteiger partial charge in [-0.3, -0.25) is 4.79 Å². The summed E-state index contributed by atoms with van der Waals surface area (Å²) < 4.78 is 0. The second-order valence-electron chi connectivity index (χ2n) is 4.82. The molecule has 0 aliphatic heterocycles. The summed E-state index contributed by atoms with van der Waals surface area (Å²) in [6.07, 6.45) is 0. The van der Waals surface area contributed by atoms with Gasteiger partial charge >= 0.3 is 0 Å². The van der Waals surface area contributed by atoms with Gasteiger partial charge in [-0.15, -0.1) is 0 Å². The molecule has 4 heteroatoms. The molecule has 18 heavy (non-hydrogen) atoms. The molecule has 1 atom stereocenters. The van der Waals surface area contributed by atoms with Crippen LogP contribution in [0.4, 0.5) is 5.69 Å². The van der Waals surface area contributed by atoms with E-state index >= 15 is 0 Å². The molecule has 0 aliphatic rings. The van der Waals surface area contributed by atoms with Crippen LogP contribution in [0.25, 0.3) is 0 Å². The van der Waals surface area contributed by atoms with Crippen molar-refractivity contribution in [3.05, 3.63) is 29.3 Å². The molecule has 1 amide bonds. The minimum atomic E-state index is -0.0342. The fourth-order valence-corrected chi connectivity index (χ4v) is 1.58. The number of anilines is 1. The van der Waals surface area contributed by atoms with Crippen LogP contribution in [0, 0.1) is 6.92 Å². The quantitative estimate of drug-likeness (QED) is 0.835. The minimum absolute atomic E-state index is 0.0342. The van der Waals surface area contributed by atoms with Crippen molar-refractivity contribution >= 4 is 11.6 Å². The number of rotatable bonds is 5. The molecule has 0 aromatic heterocycles. The minimum Gasteiger partial charge on any atom is -0.387 e. The lowest BCUT2D eigenvalue weighted by atomic mass is 10.1. The van der Waals surface area contributed by atoms with Crippen LogP contribution in [0.2, 0.25) is 0 Å². The Bertz CT molecular complexity index is 416. The first kappa shape index (κ1) is 14.5. The molecule has 0 fully saturated rings. The van der Waals surface area contributed by atoms with Gasteiger partial charge in [0.2, 0.25) is 0 Å². The molecular weight excluding hydrogens is 226 g/mol. The van der Waals surface area contributed by atoms with Crippen molar-refractivity contribution in [3.8, 4) is 0 Å². The van der Waals surface area contributed by atoms with Crippen molar-refractivity contribution in [1.82, 2.24) is 10.2 Å². The zero-order valence-corrected chi connectivity index (χ0v) is 11.9. The van der Waals surface area contributed by atoms with Crippen LogP contribution in [0.5, 0.6) is 0 Å². The summed E-state index contributed by atoms with van der Waals surface area (Å²) >= 11 is 0. The van der Waals surface area contributed by atoms with E-state index in [9.17, 15) is 4.79 Å². The third-order valence-electron chi connectivity index (χ3n) is 3.13. The lowest BCUT2D eigenvalue weighted by Gasteiger charge is -2.20. The van der Waals surface area contributed by atoms with Crippen molar-refractivity contribution in [2.75, 3.05) is 33.0 Å². The maximum atomic E-state index is 12.1. The molecule has 4 nitrogen and oxygen atoms in total. The number of carbonyl (C=O) groups excluding carboxylic acids is 1. The zero-order valence-electron chi connectivity index (χ0n) is 11.9. The van der Waals surface area contributed by atoms with Crippen LogP contribution in [0.3, 0.4) is 0 Å². The molecular formula is C14H23N3O. The Morgan fingerprint density at radius 2 is 2.06 bits per heavy atom. The fraction of sp³-hybridized carbons (Fsp3) is 0.500. The van der Waals surface area contributed by atoms with E-state index in [1.54, 1.807) is 0 Å². The second kappa shape index (κ2) is 6.40. The van der Waals surface area contributed by atoms with Crippen molar-refractivity contribution in [3.63, 3.8) is 0 Å². The Balaban J connectivity index is 2.72. The number of carbonyl (C=O) groups is 1. The number of nitrogens with zero attached hydrogens (tertiary/aromatic N) is 1. The van der Waals surface area contributed by atoms with Crippen molar-refractivity contribution in [2.24, 2.45) is 0 Å². The largest absolute Gasteiger partial charge is 0.387 e. The van der Waals surface area contributed by atoms with Gasteiger partial charge in [-0.05, 0) is 45.6 Å². The van der Waals surface area contributed by atoms with E-state index < -0.39 is 0 Å². The van der Waals surface area contributed by atoms with Crippen LogP contribution < -0.4 is 10.6 Å². The Labute approximate surface area is 109 Å². The Kier molecular flexibility index (Phi) is 5.16. The highest BCUT2D eigenvalue weighted by molar-refractivity contribution is 5.99. The van der Waals surface area contributed by atoms with Crippen LogP contribution in [-0.4, -0.2) is 44.5 Å². The summed E-state index contributed by atoms with van der Waals surface area (Å²) in [4.78, 5) is 14.2. The van der Waals surface area contributed by atoms with E-state index in [1.165, 1.54) is 0 Å². The maximum Gasteiger partial charge on any atom is 0.253 e. The molecule has 2 N–H and O–H groups in total. The Hall–Kier alpha value is -1.55. The topological polar surface area (TPSA) is 44.4 Å². The average Bonchev–Trinajstić information content (AvgIpc) is 2.34. The van der Waals surface area contributed by atoms with Crippen molar-refractivity contribution in [2.45, 2.75) is 19.9 Å². The Morgan fingerprint density at radius 1 is 1.39 bits per heavy atom. The van der Waals surface area contributed by atoms with E-state index in [-0.39, 0.29) is 5.91 Å². The highest BCUT2D eigenvalue weighted by atomic mass is 16.1. The molecule has 0 saturated carbocycles. The standard InChI is InChI=1S/C14H23N3O/c1-10-6-7-12(13(8-10)15-3)14(18)16-9-11(2)17(4)5/h6-8,11,15H,9H2,1-5H3,(H,16,18). The maximum absolute atomic E-state index is 12.1. The number of hydrogen-bond acceptors (Lipinski definition) is 3. The van der Waals surface area contributed by atoms with Gasteiger partial charge in [0.05, 0.1) is 5.56 Å². The van der Waals surface area contributed by atoms with Gasteiger partial charge < -0.3 is 15.5 Å². The molecule has 1 aromatic rings. The molecule has 0 aliphatic carbocycles. The van der Waals surface area contributed by atoms with Crippen molar-refractivity contribution < 1.29 is 4.79 Å². The number of aryl methyl sites for hydroxylation is 1. The predicted octanol–water partition coefficient (Wildman–Crippen LogP) is 1.72. The monoisotopic (exact) mass is 249 g/mol. The second-order valence-corrected chi connectivity index (χ2v) is 4.82. The smallest absolute Gasteiger partial charge is 0.253 e. The molecule has 100 valence electrons. The summed E-state index contributed by atoms with van der Waals surface area (Å²) in [5.74, 6) is -0.0342. The number of benzene rings is 1. The van der Waals surface area contributed by atoms with Crippen LogP contribution in [-0.2, 0) is 0 Å². The normalized spacial score (nSPS) is 12.3.